The van der Waals surface area contributed by atoms with E-state index in [1.165, 1.54) is 0 Å². The zero-order valence-electron chi connectivity index (χ0n) is 14.1. The van der Waals surface area contributed by atoms with Crippen LogP contribution < -0.4 is 5.32 Å². The Balaban J connectivity index is 5.37. The van der Waals surface area contributed by atoms with Gasteiger partial charge in [-0.05, 0) is 19.8 Å². The highest BCUT2D eigenvalue weighted by atomic mass is 19.4. The molecule has 0 saturated carbocycles. The molecular formula is C13H14F15N. The van der Waals surface area contributed by atoms with Crippen LogP contribution in [0.3, 0.4) is 0 Å². The molecule has 0 aliphatic heterocycles. The largest absolute Gasteiger partial charge is 0.438 e. The summed E-state index contributed by atoms with van der Waals surface area (Å²) in [6, 6.07) is -6.65. The van der Waals surface area contributed by atoms with Gasteiger partial charge in [0.25, 0.3) is 0 Å². The summed E-state index contributed by atoms with van der Waals surface area (Å²) in [5.41, 5.74) is -7.73. The van der Waals surface area contributed by atoms with Crippen LogP contribution >= 0.6 is 0 Å². The molecule has 1 N–H and O–H groups in total. The highest BCUT2D eigenvalue weighted by Crippen LogP contribution is 2.58. The van der Waals surface area contributed by atoms with Crippen molar-refractivity contribution in [3.05, 3.63) is 0 Å². The van der Waals surface area contributed by atoms with E-state index in [0.29, 0.717) is 6.92 Å². The molecule has 0 aromatic heterocycles. The second-order valence-corrected chi connectivity index (χ2v) is 5.99. The van der Waals surface area contributed by atoms with Crippen molar-refractivity contribution >= 4 is 0 Å². The second-order valence-electron chi connectivity index (χ2n) is 5.99. The monoisotopic (exact) mass is 469 g/mol. The number of hydrogen-bond acceptors (Lipinski definition) is 1. The van der Waals surface area contributed by atoms with Gasteiger partial charge in [-0.3, -0.25) is 0 Å². The van der Waals surface area contributed by atoms with Crippen LogP contribution in [0.5, 0.6) is 0 Å². The van der Waals surface area contributed by atoms with Crippen molar-refractivity contribution in [3.8, 4) is 0 Å². The van der Waals surface area contributed by atoms with Crippen LogP contribution in [0.1, 0.15) is 19.8 Å². The summed E-state index contributed by atoms with van der Waals surface area (Å²) in [4.78, 5) is 0. The van der Waals surface area contributed by atoms with Crippen molar-refractivity contribution in [2.75, 3.05) is 6.54 Å². The second kappa shape index (κ2) is 8.96. The first-order chi connectivity index (χ1) is 12.6. The van der Waals surface area contributed by atoms with Crippen molar-refractivity contribution in [1.29, 1.82) is 0 Å². The molecule has 4 unspecified atom stereocenters. The fourth-order valence-corrected chi connectivity index (χ4v) is 1.93. The molecule has 0 bridgehead atoms. The van der Waals surface area contributed by atoms with Gasteiger partial charge in [0.2, 0.25) is 0 Å². The zero-order valence-corrected chi connectivity index (χ0v) is 14.1. The van der Waals surface area contributed by atoms with E-state index in [0.717, 1.165) is 0 Å². The molecule has 16 heteroatoms. The molecular weight excluding hydrogens is 455 g/mol. The molecule has 0 aromatic carbocycles. The topological polar surface area (TPSA) is 12.0 Å². The Kier molecular flexibility index (Phi) is 8.62. The van der Waals surface area contributed by atoms with Crippen LogP contribution in [0.2, 0.25) is 0 Å². The molecule has 0 rings (SSSR count). The minimum Gasteiger partial charge on any atom is -0.250 e. The molecule has 29 heavy (non-hydrogen) atoms. The van der Waals surface area contributed by atoms with E-state index < -0.39 is 74.1 Å². The summed E-state index contributed by atoms with van der Waals surface area (Å²) >= 11 is 0. The van der Waals surface area contributed by atoms with Crippen LogP contribution in [-0.2, 0) is 0 Å². The van der Waals surface area contributed by atoms with Gasteiger partial charge in [-0.2, -0.15) is 43.9 Å². The van der Waals surface area contributed by atoms with Gasteiger partial charge in [-0.25, -0.2) is 27.3 Å². The number of halogens is 15. The molecule has 0 heterocycles. The summed E-state index contributed by atoms with van der Waals surface area (Å²) < 4.78 is 192. The fourth-order valence-electron chi connectivity index (χ4n) is 1.93. The first kappa shape index (κ1) is 27.9. The first-order valence-corrected chi connectivity index (χ1v) is 7.52. The SMILES string of the molecule is CC(F)C(F)CCC(F)C(F)CNC(F)(F)C(F)(F)C(F)(C(F)(F)F)C(F)(F)F. The molecule has 176 valence electrons. The van der Waals surface area contributed by atoms with E-state index in [2.05, 4.69) is 0 Å². The number of alkyl halides is 15. The van der Waals surface area contributed by atoms with E-state index in [4.69, 9.17) is 0 Å². The Morgan fingerprint density at radius 1 is 0.621 bits per heavy atom. The summed E-state index contributed by atoms with van der Waals surface area (Å²) in [6.07, 6.45) is -27.9. The van der Waals surface area contributed by atoms with Crippen LogP contribution in [0.25, 0.3) is 0 Å². The Morgan fingerprint density at radius 2 is 1.00 bits per heavy atom. The molecule has 0 spiro atoms. The van der Waals surface area contributed by atoms with Gasteiger partial charge < -0.3 is 0 Å². The molecule has 0 amide bonds. The third-order valence-corrected chi connectivity index (χ3v) is 3.74. The number of nitrogens with one attached hydrogen (secondary N) is 1. The predicted molar refractivity (Wildman–Crippen MR) is 68.3 cm³/mol. The highest BCUT2D eigenvalue weighted by Gasteiger charge is 2.90. The van der Waals surface area contributed by atoms with Gasteiger partial charge in [0.1, 0.15) is 24.7 Å². The smallest absolute Gasteiger partial charge is 0.250 e. The minimum atomic E-state index is -7.73. The van der Waals surface area contributed by atoms with Crippen LogP contribution in [0.4, 0.5) is 65.9 Å². The van der Waals surface area contributed by atoms with Gasteiger partial charge in [-0.15, -0.1) is 0 Å². The average molecular weight is 469 g/mol. The maximum absolute atomic E-state index is 13.4. The lowest BCUT2D eigenvalue weighted by molar-refractivity contribution is -0.429. The molecule has 0 aromatic rings. The van der Waals surface area contributed by atoms with Crippen LogP contribution in [0.15, 0.2) is 0 Å². The van der Waals surface area contributed by atoms with E-state index >= 15 is 0 Å². The molecule has 0 radical (unpaired) electrons. The standard InChI is InChI=1S/C13H14F15N/c1-5(14)6(15)2-3-7(16)8(17)4-29-13(27,28)10(19,20)9(18,11(21,22)23)12(24,25)26/h5-8,29H,2-4H2,1H3. The summed E-state index contributed by atoms with van der Waals surface area (Å²) in [6.45, 7) is -1.60. The maximum atomic E-state index is 13.4. The number of hydrogen-bond donors (Lipinski definition) is 1. The van der Waals surface area contributed by atoms with E-state index in [9.17, 15) is 65.9 Å². The first-order valence-electron chi connectivity index (χ1n) is 7.52. The normalized spacial score (nSPS) is 19.0. The lowest BCUT2D eigenvalue weighted by atomic mass is 9.93. The maximum Gasteiger partial charge on any atom is 0.438 e. The van der Waals surface area contributed by atoms with Crippen molar-refractivity contribution in [3.63, 3.8) is 0 Å². The Labute approximate surface area is 153 Å². The third-order valence-electron chi connectivity index (χ3n) is 3.74. The van der Waals surface area contributed by atoms with E-state index in [1.54, 1.807) is 0 Å². The van der Waals surface area contributed by atoms with Gasteiger partial charge in [0.15, 0.2) is 0 Å². The Morgan fingerprint density at radius 3 is 1.34 bits per heavy atom. The lowest BCUT2D eigenvalue weighted by Gasteiger charge is -2.39. The van der Waals surface area contributed by atoms with E-state index in [1.807, 2.05) is 0 Å². The zero-order chi connectivity index (χ0) is 23.6. The van der Waals surface area contributed by atoms with Crippen molar-refractivity contribution in [1.82, 2.24) is 5.32 Å². The average Bonchev–Trinajstić information content (AvgIpc) is 2.53. The highest BCUT2D eigenvalue weighted by molar-refractivity contribution is 5.10. The molecule has 4 atom stereocenters. The third kappa shape index (κ3) is 5.75. The Bertz CT molecular complexity index is 497. The number of rotatable bonds is 10. The van der Waals surface area contributed by atoms with Crippen LogP contribution in [-0.4, -0.2) is 61.2 Å². The fraction of sp³-hybridized carbons (Fsp3) is 1.00. The predicted octanol–water partition coefficient (Wildman–Crippen LogP) is 5.79. The van der Waals surface area contributed by atoms with E-state index in [-0.39, 0.29) is 5.32 Å². The summed E-state index contributed by atoms with van der Waals surface area (Å²) in [7, 11) is 0. The van der Waals surface area contributed by atoms with Gasteiger partial charge in [0.05, 0.1) is 0 Å². The van der Waals surface area contributed by atoms with Gasteiger partial charge in [0, 0.05) is 6.54 Å². The van der Waals surface area contributed by atoms with Crippen molar-refractivity contribution < 1.29 is 65.9 Å². The molecule has 1 nitrogen and oxygen atoms in total. The Hall–Kier alpha value is -1.09. The molecule has 0 fully saturated rings. The van der Waals surface area contributed by atoms with Crippen LogP contribution in [0, 0.1) is 0 Å². The van der Waals surface area contributed by atoms with Gasteiger partial charge >= 0.3 is 30.0 Å². The quantitative estimate of drug-likeness (QED) is 0.316. The molecule has 0 aliphatic carbocycles. The lowest BCUT2D eigenvalue weighted by Crippen LogP contribution is -2.73. The van der Waals surface area contributed by atoms with Gasteiger partial charge in [-0.1, -0.05) is 0 Å². The minimum absolute atomic E-state index is 0.0659. The van der Waals surface area contributed by atoms with Crippen molar-refractivity contribution in [2.45, 2.75) is 74.4 Å². The molecule has 0 saturated heterocycles. The summed E-state index contributed by atoms with van der Waals surface area (Å²) in [5, 5.41) is -0.0659. The molecule has 0 aliphatic rings. The van der Waals surface area contributed by atoms with Crippen molar-refractivity contribution in [2.24, 2.45) is 0 Å². The summed E-state index contributed by atoms with van der Waals surface area (Å²) in [5.74, 6) is -7.53.